The van der Waals surface area contributed by atoms with Crippen molar-refractivity contribution in [1.29, 1.82) is 0 Å². The summed E-state index contributed by atoms with van der Waals surface area (Å²) in [5.41, 5.74) is 2.07. The van der Waals surface area contributed by atoms with Gasteiger partial charge >= 0.3 is 0 Å². The van der Waals surface area contributed by atoms with Crippen LogP contribution in [0.25, 0.3) is 5.69 Å². The van der Waals surface area contributed by atoms with Crippen LogP contribution in [0.1, 0.15) is 32.4 Å². The zero-order chi connectivity index (χ0) is 15.2. The normalized spacial score (nSPS) is 12.4. The first-order valence-electron chi connectivity index (χ1n) is 7.19. The van der Waals surface area contributed by atoms with Gasteiger partial charge in [0.25, 0.3) is 0 Å². The molecule has 2 aromatic rings. The maximum atomic E-state index is 11.6. The molecule has 5 heteroatoms. The zero-order valence-corrected chi connectivity index (χ0v) is 12.7. The van der Waals surface area contributed by atoms with Crippen LogP contribution in [-0.4, -0.2) is 28.3 Å². The quantitative estimate of drug-likeness (QED) is 0.854. The van der Waals surface area contributed by atoms with Gasteiger partial charge in [0.15, 0.2) is 0 Å². The highest BCUT2D eigenvalue weighted by atomic mass is 16.1. The number of benzene rings is 1. The van der Waals surface area contributed by atoms with Crippen LogP contribution in [0.5, 0.6) is 0 Å². The van der Waals surface area contributed by atoms with Crippen molar-refractivity contribution >= 4 is 5.91 Å². The van der Waals surface area contributed by atoms with E-state index < -0.39 is 0 Å². The Kier molecular flexibility index (Phi) is 5.11. The number of para-hydroxylation sites is 1. The number of nitrogens with one attached hydrogen (secondary N) is 2. The van der Waals surface area contributed by atoms with Crippen molar-refractivity contribution in [1.82, 2.24) is 20.4 Å². The SMILES string of the molecule is CC(C)NC(=O)CNC(C)c1cnn(-c2ccccc2)c1. The lowest BCUT2D eigenvalue weighted by molar-refractivity contribution is -0.120. The molecule has 21 heavy (non-hydrogen) atoms. The van der Waals surface area contributed by atoms with E-state index in [0.29, 0.717) is 6.54 Å². The summed E-state index contributed by atoms with van der Waals surface area (Å²) in [5.74, 6) is 0.00676. The van der Waals surface area contributed by atoms with Crippen molar-refractivity contribution in [2.75, 3.05) is 6.54 Å². The van der Waals surface area contributed by atoms with Gasteiger partial charge in [-0.25, -0.2) is 4.68 Å². The first-order chi connectivity index (χ1) is 10.1. The van der Waals surface area contributed by atoms with E-state index in [0.717, 1.165) is 11.3 Å². The largest absolute Gasteiger partial charge is 0.353 e. The molecule has 0 saturated heterocycles. The zero-order valence-electron chi connectivity index (χ0n) is 12.7. The van der Waals surface area contributed by atoms with Gasteiger partial charge in [-0.05, 0) is 32.9 Å². The fourth-order valence-electron chi connectivity index (χ4n) is 2.02. The summed E-state index contributed by atoms with van der Waals surface area (Å²) in [4.78, 5) is 11.6. The Labute approximate surface area is 125 Å². The molecule has 0 aliphatic carbocycles. The van der Waals surface area contributed by atoms with Gasteiger partial charge in [-0.3, -0.25) is 4.79 Å². The molecule has 1 heterocycles. The third-order valence-electron chi connectivity index (χ3n) is 3.14. The molecule has 0 fully saturated rings. The summed E-state index contributed by atoms with van der Waals surface area (Å²) < 4.78 is 1.84. The topological polar surface area (TPSA) is 59.0 Å². The molecule has 0 saturated carbocycles. The van der Waals surface area contributed by atoms with Crippen molar-refractivity contribution in [3.8, 4) is 5.69 Å². The van der Waals surface area contributed by atoms with Crippen molar-refractivity contribution in [3.63, 3.8) is 0 Å². The molecular weight excluding hydrogens is 264 g/mol. The average Bonchev–Trinajstić information content (AvgIpc) is 2.95. The maximum Gasteiger partial charge on any atom is 0.234 e. The van der Waals surface area contributed by atoms with E-state index in [9.17, 15) is 4.79 Å². The van der Waals surface area contributed by atoms with E-state index in [-0.39, 0.29) is 18.0 Å². The Morgan fingerprint density at radius 3 is 2.62 bits per heavy atom. The van der Waals surface area contributed by atoms with Crippen LogP contribution in [0.15, 0.2) is 42.7 Å². The maximum absolute atomic E-state index is 11.6. The predicted molar refractivity (Wildman–Crippen MR) is 83.3 cm³/mol. The Hall–Kier alpha value is -2.14. The average molecular weight is 286 g/mol. The second-order valence-electron chi connectivity index (χ2n) is 5.38. The second-order valence-corrected chi connectivity index (χ2v) is 5.38. The summed E-state index contributed by atoms with van der Waals surface area (Å²) in [6, 6.07) is 10.2. The molecule has 1 unspecified atom stereocenters. The van der Waals surface area contributed by atoms with E-state index >= 15 is 0 Å². The number of hydrogen-bond acceptors (Lipinski definition) is 3. The molecule has 0 radical (unpaired) electrons. The molecule has 2 rings (SSSR count). The summed E-state index contributed by atoms with van der Waals surface area (Å²) in [6.45, 7) is 6.22. The summed E-state index contributed by atoms with van der Waals surface area (Å²) >= 11 is 0. The van der Waals surface area contributed by atoms with Gasteiger partial charge in [-0.1, -0.05) is 18.2 Å². The van der Waals surface area contributed by atoms with Crippen LogP contribution < -0.4 is 10.6 Å². The molecule has 0 aliphatic heterocycles. The van der Waals surface area contributed by atoms with Crippen LogP contribution in [-0.2, 0) is 4.79 Å². The van der Waals surface area contributed by atoms with Crippen molar-refractivity contribution in [2.24, 2.45) is 0 Å². The standard InChI is InChI=1S/C16H22N4O/c1-12(2)19-16(21)10-17-13(3)14-9-18-20(11-14)15-7-5-4-6-8-15/h4-9,11-13,17H,10H2,1-3H3,(H,19,21). The van der Waals surface area contributed by atoms with E-state index in [1.165, 1.54) is 0 Å². The molecule has 112 valence electrons. The highest BCUT2D eigenvalue weighted by Gasteiger charge is 2.10. The van der Waals surface area contributed by atoms with Crippen molar-refractivity contribution < 1.29 is 4.79 Å². The van der Waals surface area contributed by atoms with Crippen LogP contribution >= 0.6 is 0 Å². The number of carbonyl (C=O) groups is 1. The number of hydrogen-bond donors (Lipinski definition) is 2. The molecule has 1 aromatic carbocycles. The van der Waals surface area contributed by atoms with Crippen LogP contribution in [0.2, 0.25) is 0 Å². The fourth-order valence-corrected chi connectivity index (χ4v) is 2.02. The minimum absolute atomic E-state index is 0.00676. The van der Waals surface area contributed by atoms with Crippen molar-refractivity contribution in [3.05, 3.63) is 48.3 Å². The highest BCUT2D eigenvalue weighted by Crippen LogP contribution is 2.13. The summed E-state index contributed by atoms with van der Waals surface area (Å²) in [7, 11) is 0. The minimum Gasteiger partial charge on any atom is -0.353 e. The number of amides is 1. The third-order valence-corrected chi connectivity index (χ3v) is 3.14. The second kappa shape index (κ2) is 7.04. The fraction of sp³-hybridized carbons (Fsp3) is 0.375. The van der Waals surface area contributed by atoms with Gasteiger partial charge in [0.2, 0.25) is 5.91 Å². The molecule has 5 nitrogen and oxygen atoms in total. The van der Waals surface area contributed by atoms with Gasteiger partial charge in [-0.2, -0.15) is 5.10 Å². The van der Waals surface area contributed by atoms with Gasteiger partial charge in [0, 0.05) is 23.8 Å². The first kappa shape index (κ1) is 15.3. The lowest BCUT2D eigenvalue weighted by atomic mass is 10.2. The van der Waals surface area contributed by atoms with Crippen molar-refractivity contribution in [2.45, 2.75) is 32.9 Å². The molecular formula is C16H22N4O. The van der Waals surface area contributed by atoms with Gasteiger partial charge in [-0.15, -0.1) is 0 Å². The number of carbonyl (C=O) groups excluding carboxylic acids is 1. The van der Waals surface area contributed by atoms with Crippen LogP contribution in [0, 0.1) is 0 Å². The van der Waals surface area contributed by atoms with E-state index in [1.54, 1.807) is 0 Å². The summed E-state index contributed by atoms with van der Waals surface area (Å²) in [6.07, 6.45) is 3.80. The molecule has 0 bridgehead atoms. The van der Waals surface area contributed by atoms with Gasteiger partial charge < -0.3 is 10.6 Å². The smallest absolute Gasteiger partial charge is 0.234 e. The number of rotatable bonds is 6. The highest BCUT2D eigenvalue weighted by molar-refractivity contribution is 5.78. The van der Waals surface area contributed by atoms with Crippen LogP contribution in [0.4, 0.5) is 0 Å². The molecule has 0 aliphatic rings. The Morgan fingerprint density at radius 2 is 1.95 bits per heavy atom. The minimum atomic E-state index is 0.00676. The van der Waals surface area contributed by atoms with Gasteiger partial charge in [0.1, 0.15) is 0 Å². The lowest BCUT2D eigenvalue weighted by Gasteiger charge is -2.13. The Balaban J connectivity index is 1.93. The molecule has 1 aromatic heterocycles. The molecule has 1 amide bonds. The number of nitrogens with zero attached hydrogens (tertiary/aromatic N) is 2. The lowest BCUT2D eigenvalue weighted by Crippen LogP contribution is -2.38. The first-order valence-corrected chi connectivity index (χ1v) is 7.19. The molecule has 1 atom stereocenters. The van der Waals surface area contributed by atoms with Crippen LogP contribution in [0.3, 0.4) is 0 Å². The summed E-state index contributed by atoms with van der Waals surface area (Å²) in [5, 5.41) is 10.4. The number of aromatic nitrogens is 2. The Morgan fingerprint density at radius 1 is 1.24 bits per heavy atom. The van der Waals surface area contributed by atoms with E-state index in [4.69, 9.17) is 0 Å². The monoisotopic (exact) mass is 286 g/mol. The third kappa shape index (κ3) is 4.43. The predicted octanol–water partition coefficient (Wildman–Crippen LogP) is 2.05. The Bertz CT molecular complexity index is 577. The van der Waals surface area contributed by atoms with E-state index in [2.05, 4.69) is 15.7 Å². The molecule has 0 spiro atoms. The molecule has 2 N–H and O–H groups in total. The van der Waals surface area contributed by atoms with Gasteiger partial charge in [0.05, 0.1) is 18.4 Å². The van der Waals surface area contributed by atoms with E-state index in [1.807, 2.05) is 68.2 Å².